The van der Waals surface area contributed by atoms with Crippen LogP contribution in [0.3, 0.4) is 0 Å². The Bertz CT molecular complexity index is 429. The Morgan fingerprint density at radius 3 is 3.06 bits per heavy atom. The van der Waals surface area contributed by atoms with Gasteiger partial charge in [0.15, 0.2) is 0 Å². The van der Waals surface area contributed by atoms with Crippen molar-refractivity contribution in [1.82, 2.24) is 5.32 Å². The van der Waals surface area contributed by atoms with E-state index in [2.05, 4.69) is 39.3 Å². The lowest BCUT2D eigenvalue weighted by Crippen LogP contribution is -2.48. The van der Waals surface area contributed by atoms with E-state index < -0.39 is 0 Å². The maximum Gasteiger partial charge on any atom is 0.105 e. The van der Waals surface area contributed by atoms with Gasteiger partial charge in [-0.2, -0.15) is 0 Å². The van der Waals surface area contributed by atoms with Crippen LogP contribution in [-0.4, -0.2) is 30.8 Å². The predicted octanol–water partition coefficient (Wildman–Crippen LogP) is 1.66. The Morgan fingerprint density at radius 1 is 1.56 bits per heavy atom. The van der Waals surface area contributed by atoms with Gasteiger partial charge in [-0.1, -0.05) is 15.9 Å². The Balaban J connectivity index is 2.12. The lowest BCUT2D eigenvalue weighted by molar-refractivity contribution is 0.105. The first-order valence-electron chi connectivity index (χ1n) is 5.57. The summed E-state index contributed by atoms with van der Waals surface area (Å²) in [6.07, 6.45) is 0.608. The van der Waals surface area contributed by atoms with Crippen LogP contribution in [0.25, 0.3) is 0 Å². The van der Waals surface area contributed by atoms with Crippen molar-refractivity contribution in [3.8, 4) is 0 Å². The third kappa shape index (κ3) is 1.21. The summed E-state index contributed by atoms with van der Waals surface area (Å²) in [5.74, 6) is 0. The number of benzene rings is 1. The molecule has 0 aliphatic carbocycles. The predicted molar refractivity (Wildman–Crippen MR) is 67.7 cm³/mol. The van der Waals surface area contributed by atoms with Gasteiger partial charge < -0.3 is 15.3 Å². The zero-order valence-corrected chi connectivity index (χ0v) is 10.8. The molecule has 2 atom stereocenters. The third-order valence-electron chi connectivity index (χ3n) is 3.99. The second-order valence-corrected chi connectivity index (χ2v) is 5.61. The average molecular weight is 283 g/mol. The van der Waals surface area contributed by atoms with E-state index in [0.29, 0.717) is 0 Å². The molecular weight excluding hydrogens is 268 g/mol. The van der Waals surface area contributed by atoms with E-state index in [1.165, 1.54) is 0 Å². The number of aliphatic hydroxyl groups is 1. The Labute approximate surface area is 104 Å². The number of halogens is 1. The molecular formula is C12H15BrN2O. The number of aliphatic hydroxyl groups excluding tert-OH is 1. The van der Waals surface area contributed by atoms with Gasteiger partial charge in [0.25, 0.3) is 0 Å². The molecule has 4 heteroatoms. The minimum absolute atomic E-state index is 0.136. The first kappa shape index (κ1) is 10.6. The van der Waals surface area contributed by atoms with E-state index >= 15 is 0 Å². The van der Waals surface area contributed by atoms with E-state index in [-0.39, 0.29) is 11.6 Å². The van der Waals surface area contributed by atoms with Crippen LogP contribution in [0.1, 0.15) is 18.1 Å². The molecule has 1 spiro atoms. The van der Waals surface area contributed by atoms with Crippen LogP contribution in [0.4, 0.5) is 5.69 Å². The van der Waals surface area contributed by atoms with E-state index in [9.17, 15) is 5.11 Å². The van der Waals surface area contributed by atoms with Crippen molar-refractivity contribution in [2.45, 2.75) is 18.1 Å². The standard InChI is InChI=1S/C12H15BrN2O/c1-15-10-3-2-8(13)6-9(10)11(16)12(15)4-5-14-7-12/h2-3,6,11,14,16H,4-5,7H2,1H3. The highest BCUT2D eigenvalue weighted by Gasteiger charge is 2.50. The van der Waals surface area contributed by atoms with Crippen LogP contribution in [-0.2, 0) is 0 Å². The Morgan fingerprint density at radius 2 is 2.38 bits per heavy atom. The van der Waals surface area contributed by atoms with E-state index in [1.54, 1.807) is 0 Å². The van der Waals surface area contributed by atoms with Crippen LogP contribution < -0.4 is 10.2 Å². The van der Waals surface area contributed by atoms with Crippen molar-refractivity contribution >= 4 is 21.6 Å². The molecule has 1 aromatic rings. The normalized spacial score (nSPS) is 32.4. The highest BCUT2D eigenvalue weighted by atomic mass is 79.9. The van der Waals surface area contributed by atoms with Gasteiger partial charge in [0.1, 0.15) is 6.10 Å². The number of fused-ring (bicyclic) bond motifs is 1. The fourth-order valence-corrected chi connectivity index (χ4v) is 3.36. The van der Waals surface area contributed by atoms with Crippen molar-refractivity contribution in [3.63, 3.8) is 0 Å². The van der Waals surface area contributed by atoms with Crippen molar-refractivity contribution in [1.29, 1.82) is 0 Å². The van der Waals surface area contributed by atoms with Gasteiger partial charge in [-0.15, -0.1) is 0 Å². The molecule has 2 unspecified atom stereocenters. The van der Waals surface area contributed by atoms with E-state index in [0.717, 1.165) is 35.2 Å². The van der Waals surface area contributed by atoms with Gasteiger partial charge in [-0.25, -0.2) is 0 Å². The zero-order valence-electron chi connectivity index (χ0n) is 9.20. The second-order valence-electron chi connectivity index (χ2n) is 4.70. The summed E-state index contributed by atoms with van der Waals surface area (Å²) in [6, 6.07) is 6.14. The van der Waals surface area contributed by atoms with E-state index in [1.807, 2.05) is 12.1 Å². The SMILES string of the molecule is CN1c2ccc(Br)cc2C(O)C12CCNC2. The van der Waals surface area contributed by atoms with E-state index in [4.69, 9.17) is 0 Å². The van der Waals surface area contributed by atoms with Crippen LogP contribution in [0, 0.1) is 0 Å². The Kier molecular flexibility index (Phi) is 2.28. The van der Waals surface area contributed by atoms with Gasteiger partial charge in [-0.3, -0.25) is 0 Å². The number of hydrogen-bond acceptors (Lipinski definition) is 3. The lowest BCUT2D eigenvalue weighted by atomic mass is 9.90. The molecule has 0 radical (unpaired) electrons. The number of hydrogen-bond donors (Lipinski definition) is 2. The molecule has 1 saturated heterocycles. The minimum Gasteiger partial charge on any atom is -0.386 e. The molecule has 3 rings (SSSR count). The maximum absolute atomic E-state index is 10.5. The summed E-state index contributed by atoms with van der Waals surface area (Å²) < 4.78 is 1.03. The van der Waals surface area contributed by atoms with Gasteiger partial charge in [0.05, 0.1) is 5.54 Å². The highest BCUT2D eigenvalue weighted by molar-refractivity contribution is 9.10. The summed E-state index contributed by atoms with van der Waals surface area (Å²) in [5.41, 5.74) is 2.06. The molecule has 2 aliphatic heterocycles. The smallest absolute Gasteiger partial charge is 0.105 e. The van der Waals surface area contributed by atoms with Gasteiger partial charge >= 0.3 is 0 Å². The van der Waals surface area contributed by atoms with Crippen molar-refractivity contribution in [3.05, 3.63) is 28.2 Å². The fourth-order valence-electron chi connectivity index (χ4n) is 2.98. The highest BCUT2D eigenvalue weighted by Crippen LogP contribution is 2.48. The summed E-state index contributed by atoms with van der Waals surface area (Å²) in [6.45, 7) is 1.84. The molecule has 0 aromatic heterocycles. The van der Waals surface area contributed by atoms with Crippen LogP contribution in [0.2, 0.25) is 0 Å². The topological polar surface area (TPSA) is 35.5 Å². The first-order chi connectivity index (χ1) is 7.65. The fraction of sp³-hybridized carbons (Fsp3) is 0.500. The number of nitrogens with zero attached hydrogens (tertiary/aromatic N) is 1. The van der Waals surface area contributed by atoms with Crippen molar-refractivity contribution in [2.24, 2.45) is 0 Å². The summed E-state index contributed by atoms with van der Waals surface area (Å²) in [7, 11) is 2.08. The van der Waals surface area contributed by atoms with Crippen LogP contribution in [0.15, 0.2) is 22.7 Å². The molecule has 2 aliphatic rings. The Hall–Kier alpha value is -0.580. The number of anilines is 1. The molecule has 16 heavy (non-hydrogen) atoms. The summed E-state index contributed by atoms with van der Waals surface area (Å²) >= 11 is 3.46. The first-order valence-corrected chi connectivity index (χ1v) is 6.36. The third-order valence-corrected chi connectivity index (χ3v) is 4.48. The lowest BCUT2D eigenvalue weighted by Gasteiger charge is -2.35. The second kappa shape index (κ2) is 3.45. The molecule has 0 amide bonds. The molecule has 2 N–H and O–H groups in total. The molecule has 0 saturated carbocycles. The average Bonchev–Trinajstić information content (AvgIpc) is 2.83. The number of nitrogens with one attached hydrogen (secondary N) is 1. The molecule has 0 bridgehead atoms. The minimum atomic E-state index is -0.389. The van der Waals surface area contributed by atoms with Crippen LogP contribution in [0.5, 0.6) is 0 Å². The molecule has 1 fully saturated rings. The van der Waals surface area contributed by atoms with Gasteiger partial charge in [-0.05, 0) is 31.2 Å². The van der Waals surface area contributed by atoms with Crippen molar-refractivity contribution in [2.75, 3.05) is 25.0 Å². The van der Waals surface area contributed by atoms with Crippen LogP contribution >= 0.6 is 15.9 Å². The maximum atomic E-state index is 10.5. The monoisotopic (exact) mass is 282 g/mol. The van der Waals surface area contributed by atoms with Crippen molar-refractivity contribution < 1.29 is 5.11 Å². The summed E-state index contributed by atoms with van der Waals surface area (Å²) in [4.78, 5) is 2.24. The molecule has 2 heterocycles. The number of likely N-dealkylation sites (N-methyl/N-ethyl adjacent to an activating group) is 1. The van der Waals surface area contributed by atoms with Gasteiger partial charge in [0, 0.05) is 29.3 Å². The number of rotatable bonds is 0. The quantitative estimate of drug-likeness (QED) is 0.760. The summed E-state index contributed by atoms with van der Waals surface area (Å²) in [5, 5.41) is 13.9. The zero-order chi connectivity index (χ0) is 11.3. The molecule has 3 nitrogen and oxygen atoms in total. The largest absolute Gasteiger partial charge is 0.386 e. The molecule has 86 valence electrons. The van der Waals surface area contributed by atoms with Gasteiger partial charge in [0.2, 0.25) is 0 Å². The molecule has 1 aromatic carbocycles.